The maximum atomic E-state index is 11.9. The predicted octanol–water partition coefficient (Wildman–Crippen LogP) is 2.82. The van der Waals surface area contributed by atoms with E-state index in [1.54, 1.807) is 24.3 Å². The molecule has 0 aliphatic carbocycles. The number of amides is 2. The third-order valence-electron chi connectivity index (χ3n) is 3.32. The van der Waals surface area contributed by atoms with Crippen molar-refractivity contribution in [2.75, 3.05) is 5.32 Å². The topological polar surface area (TPSA) is 91.6 Å². The molecule has 3 N–H and O–H groups in total. The Morgan fingerprint density at radius 3 is 2.52 bits per heavy atom. The second-order valence-electron chi connectivity index (χ2n) is 4.90. The van der Waals surface area contributed by atoms with Crippen LogP contribution in [0.15, 0.2) is 63.8 Å². The summed E-state index contributed by atoms with van der Waals surface area (Å²) in [4.78, 5) is 23.8. The van der Waals surface area contributed by atoms with Crippen LogP contribution in [-0.4, -0.2) is 11.1 Å². The van der Waals surface area contributed by atoms with Crippen molar-refractivity contribution < 1.29 is 14.3 Å². The average Bonchev–Trinajstić information content (AvgIpc) is 2.58. The molecule has 0 bridgehead atoms. The molecular weight excluding hydrogens is 296 g/mol. The quantitative estimate of drug-likeness (QED) is 0.649. The highest BCUT2D eigenvalue weighted by Crippen LogP contribution is 2.29. The molecule has 1 heterocycles. The summed E-state index contributed by atoms with van der Waals surface area (Å²) < 4.78 is 5.08. The number of benzene rings is 2. The van der Waals surface area contributed by atoms with E-state index in [4.69, 9.17) is 4.42 Å². The molecule has 116 valence electrons. The predicted molar refractivity (Wildman–Crippen MR) is 86.4 cm³/mol. The van der Waals surface area contributed by atoms with Gasteiger partial charge in [-0.05, 0) is 17.7 Å². The smallest absolute Gasteiger partial charge is 0.364 e. The van der Waals surface area contributed by atoms with E-state index >= 15 is 0 Å². The normalized spacial score (nSPS) is 10.4. The molecule has 2 amide bonds. The van der Waals surface area contributed by atoms with Gasteiger partial charge in [0.1, 0.15) is 5.58 Å². The molecule has 0 aliphatic heterocycles. The summed E-state index contributed by atoms with van der Waals surface area (Å²) in [5.41, 5.74) is 0.0768. The van der Waals surface area contributed by atoms with Gasteiger partial charge in [0.15, 0.2) is 11.4 Å². The fourth-order valence-electron chi connectivity index (χ4n) is 2.18. The molecule has 0 fully saturated rings. The molecule has 1 aromatic heterocycles. The number of carbonyl (C=O) groups is 1. The maximum absolute atomic E-state index is 11.9. The van der Waals surface area contributed by atoms with Crippen molar-refractivity contribution in [3.05, 3.63) is 70.6 Å². The summed E-state index contributed by atoms with van der Waals surface area (Å²) >= 11 is 0. The van der Waals surface area contributed by atoms with Gasteiger partial charge in [-0.1, -0.05) is 42.5 Å². The molecule has 3 rings (SSSR count). The van der Waals surface area contributed by atoms with Gasteiger partial charge < -0.3 is 14.8 Å². The van der Waals surface area contributed by atoms with Gasteiger partial charge in [-0.15, -0.1) is 0 Å². The van der Waals surface area contributed by atoms with E-state index in [2.05, 4.69) is 10.6 Å². The number of rotatable bonds is 3. The van der Waals surface area contributed by atoms with Crippen LogP contribution in [0.3, 0.4) is 0 Å². The van der Waals surface area contributed by atoms with Crippen molar-refractivity contribution >= 4 is 22.7 Å². The number of urea groups is 1. The number of fused-ring (bicyclic) bond motifs is 1. The highest BCUT2D eigenvalue weighted by atomic mass is 16.4. The number of carbonyl (C=O) groups excluding carboxylic acids is 1. The van der Waals surface area contributed by atoms with Crippen LogP contribution in [0, 0.1) is 0 Å². The van der Waals surface area contributed by atoms with Gasteiger partial charge in [-0.2, -0.15) is 0 Å². The van der Waals surface area contributed by atoms with Crippen LogP contribution in [0.1, 0.15) is 5.56 Å². The van der Waals surface area contributed by atoms with E-state index in [-0.39, 0.29) is 17.0 Å². The molecule has 0 unspecified atom stereocenters. The standard InChI is InChI=1S/C17H14N2O4/c20-15-12-8-4-5-9-13(12)23-16(21)14(15)19-17(22)18-10-11-6-2-1-3-7-11/h1-9,20H,10H2,(H2,18,19,22). The number of para-hydroxylation sites is 1. The molecule has 6 nitrogen and oxygen atoms in total. The Labute approximate surface area is 131 Å². The number of anilines is 1. The first kappa shape index (κ1) is 14.6. The van der Waals surface area contributed by atoms with Crippen molar-refractivity contribution in [3.8, 4) is 5.75 Å². The third kappa shape index (κ3) is 3.16. The summed E-state index contributed by atoms with van der Waals surface area (Å²) in [6.45, 7) is 0.298. The number of nitrogens with one attached hydrogen (secondary N) is 2. The fourth-order valence-corrected chi connectivity index (χ4v) is 2.18. The third-order valence-corrected chi connectivity index (χ3v) is 3.32. The molecule has 6 heteroatoms. The Hall–Kier alpha value is -3.28. The van der Waals surface area contributed by atoms with Crippen LogP contribution < -0.4 is 16.3 Å². The second-order valence-corrected chi connectivity index (χ2v) is 4.90. The zero-order valence-corrected chi connectivity index (χ0v) is 12.1. The van der Waals surface area contributed by atoms with Gasteiger partial charge >= 0.3 is 11.7 Å². The summed E-state index contributed by atoms with van der Waals surface area (Å²) in [6.07, 6.45) is 0. The molecule has 0 radical (unpaired) electrons. The lowest BCUT2D eigenvalue weighted by Gasteiger charge is -2.09. The Balaban J connectivity index is 1.78. The molecule has 2 aromatic carbocycles. The average molecular weight is 310 g/mol. The monoisotopic (exact) mass is 310 g/mol. The van der Waals surface area contributed by atoms with Gasteiger partial charge in [-0.3, -0.25) is 5.32 Å². The lowest BCUT2D eigenvalue weighted by Crippen LogP contribution is -2.30. The minimum atomic E-state index is -0.809. The highest BCUT2D eigenvalue weighted by Gasteiger charge is 2.15. The van der Waals surface area contributed by atoms with E-state index in [1.165, 1.54) is 0 Å². The Morgan fingerprint density at radius 2 is 1.74 bits per heavy atom. The van der Waals surface area contributed by atoms with Crippen LogP contribution in [0.4, 0.5) is 10.5 Å². The molecule has 23 heavy (non-hydrogen) atoms. The van der Waals surface area contributed by atoms with Gasteiger partial charge in [0, 0.05) is 6.54 Å². The van der Waals surface area contributed by atoms with Crippen molar-refractivity contribution in [3.63, 3.8) is 0 Å². The van der Waals surface area contributed by atoms with E-state index < -0.39 is 11.7 Å². The molecular formula is C17H14N2O4. The molecule has 0 spiro atoms. The van der Waals surface area contributed by atoms with Crippen LogP contribution >= 0.6 is 0 Å². The zero-order chi connectivity index (χ0) is 16.2. The molecule has 3 aromatic rings. The molecule has 0 aliphatic rings. The molecule has 0 saturated carbocycles. The minimum absolute atomic E-state index is 0.255. The lowest BCUT2D eigenvalue weighted by atomic mass is 10.2. The van der Waals surface area contributed by atoms with E-state index in [0.29, 0.717) is 11.9 Å². The Morgan fingerprint density at radius 1 is 1.04 bits per heavy atom. The van der Waals surface area contributed by atoms with E-state index in [1.807, 2.05) is 30.3 Å². The van der Waals surface area contributed by atoms with Gasteiger partial charge in [-0.25, -0.2) is 9.59 Å². The van der Waals surface area contributed by atoms with Crippen LogP contribution in [0.25, 0.3) is 11.0 Å². The van der Waals surface area contributed by atoms with E-state index in [0.717, 1.165) is 5.56 Å². The Bertz CT molecular complexity index is 903. The number of hydrogen-bond acceptors (Lipinski definition) is 4. The number of aromatic hydroxyl groups is 1. The SMILES string of the molecule is O=C(NCc1ccccc1)Nc1c(O)c2ccccc2oc1=O. The summed E-state index contributed by atoms with van der Waals surface area (Å²) in [6, 6.07) is 15.3. The van der Waals surface area contributed by atoms with Gasteiger partial charge in [0.05, 0.1) is 5.39 Å². The van der Waals surface area contributed by atoms with Crippen molar-refractivity contribution in [1.29, 1.82) is 0 Å². The van der Waals surface area contributed by atoms with Crippen LogP contribution in [-0.2, 0) is 6.54 Å². The van der Waals surface area contributed by atoms with Gasteiger partial charge in [0.25, 0.3) is 0 Å². The van der Waals surface area contributed by atoms with Crippen molar-refractivity contribution in [2.45, 2.75) is 6.54 Å². The van der Waals surface area contributed by atoms with Crippen LogP contribution in [0.2, 0.25) is 0 Å². The maximum Gasteiger partial charge on any atom is 0.364 e. The molecule has 0 saturated heterocycles. The van der Waals surface area contributed by atoms with E-state index in [9.17, 15) is 14.7 Å². The van der Waals surface area contributed by atoms with Crippen LogP contribution in [0.5, 0.6) is 5.75 Å². The van der Waals surface area contributed by atoms with Crippen molar-refractivity contribution in [1.82, 2.24) is 5.32 Å². The minimum Gasteiger partial charge on any atom is -0.505 e. The largest absolute Gasteiger partial charge is 0.505 e. The fraction of sp³-hybridized carbons (Fsp3) is 0.0588. The highest BCUT2D eigenvalue weighted by molar-refractivity contribution is 5.95. The first-order valence-electron chi connectivity index (χ1n) is 6.99. The Kier molecular flexibility index (Phi) is 3.97. The van der Waals surface area contributed by atoms with Crippen molar-refractivity contribution in [2.24, 2.45) is 0 Å². The zero-order valence-electron chi connectivity index (χ0n) is 12.1. The first-order chi connectivity index (χ1) is 11.1. The summed E-state index contributed by atoms with van der Waals surface area (Å²) in [5, 5.41) is 15.5. The molecule has 0 atom stereocenters. The summed E-state index contributed by atoms with van der Waals surface area (Å²) in [7, 11) is 0. The first-order valence-corrected chi connectivity index (χ1v) is 6.99. The lowest BCUT2D eigenvalue weighted by molar-refractivity contribution is 0.251. The van der Waals surface area contributed by atoms with Gasteiger partial charge in [0.2, 0.25) is 0 Å². The second kappa shape index (κ2) is 6.23. The number of hydrogen-bond donors (Lipinski definition) is 3. The summed E-state index contributed by atoms with van der Waals surface area (Å²) in [5.74, 6) is -0.313.